The number of Topliss-reactive ketones (excluding diaryl/α,β-unsaturated/α-hetero) is 1. The van der Waals surface area contributed by atoms with Gasteiger partial charge in [-0.25, -0.2) is 0 Å². The van der Waals surface area contributed by atoms with Crippen LogP contribution in [-0.2, 0) is 14.3 Å². The third-order valence-corrected chi connectivity index (χ3v) is 3.28. The predicted octanol–water partition coefficient (Wildman–Crippen LogP) is 2.33. The Morgan fingerprint density at radius 1 is 1.18 bits per heavy atom. The molecular formula is C17H23NO4. The Morgan fingerprint density at radius 2 is 1.86 bits per heavy atom. The van der Waals surface area contributed by atoms with Gasteiger partial charge in [-0.05, 0) is 39.3 Å². The van der Waals surface area contributed by atoms with Gasteiger partial charge in [0.05, 0.1) is 6.42 Å². The zero-order chi connectivity index (χ0) is 16.7. The summed E-state index contributed by atoms with van der Waals surface area (Å²) in [4.78, 5) is 35.3. The summed E-state index contributed by atoms with van der Waals surface area (Å²) in [5, 5.41) is 2.57. The molecule has 1 rings (SSSR count). The van der Waals surface area contributed by atoms with E-state index in [1.165, 1.54) is 6.92 Å². The van der Waals surface area contributed by atoms with Gasteiger partial charge in [-0.15, -0.1) is 0 Å². The number of aryl methyl sites for hydroxylation is 2. The van der Waals surface area contributed by atoms with Gasteiger partial charge < -0.3 is 10.1 Å². The fraction of sp³-hybridized carbons (Fsp3) is 0.471. The number of hydrogen-bond donors (Lipinski definition) is 1. The normalized spacial score (nSPS) is 11.6. The highest BCUT2D eigenvalue weighted by Crippen LogP contribution is 2.14. The number of likely N-dealkylation sites (N-methyl/N-ethyl adjacent to an activating group) is 1. The third-order valence-electron chi connectivity index (χ3n) is 3.28. The van der Waals surface area contributed by atoms with E-state index in [9.17, 15) is 14.4 Å². The van der Waals surface area contributed by atoms with E-state index in [1.54, 1.807) is 6.92 Å². The van der Waals surface area contributed by atoms with Crippen LogP contribution in [0.1, 0.15) is 48.2 Å². The summed E-state index contributed by atoms with van der Waals surface area (Å²) in [6, 6.07) is 5.65. The van der Waals surface area contributed by atoms with Gasteiger partial charge >= 0.3 is 5.97 Å². The van der Waals surface area contributed by atoms with Crippen LogP contribution in [0.4, 0.5) is 0 Å². The number of carbonyl (C=O) groups excluding carboxylic acids is 3. The molecule has 5 nitrogen and oxygen atoms in total. The summed E-state index contributed by atoms with van der Waals surface area (Å²) in [5.41, 5.74) is 2.52. The maximum atomic E-state index is 12.2. The van der Waals surface area contributed by atoms with Gasteiger partial charge in [-0.3, -0.25) is 14.4 Å². The van der Waals surface area contributed by atoms with Crippen molar-refractivity contribution in [2.45, 2.75) is 46.6 Å². The van der Waals surface area contributed by atoms with Crippen LogP contribution < -0.4 is 5.32 Å². The molecule has 0 aliphatic carbocycles. The molecular weight excluding hydrogens is 282 g/mol. The van der Waals surface area contributed by atoms with Gasteiger partial charge in [-0.1, -0.05) is 17.7 Å². The molecule has 0 spiro atoms. The van der Waals surface area contributed by atoms with Gasteiger partial charge in [0.25, 0.3) is 5.91 Å². The van der Waals surface area contributed by atoms with Crippen molar-refractivity contribution < 1.29 is 19.1 Å². The number of rotatable bonds is 7. The van der Waals surface area contributed by atoms with Gasteiger partial charge in [0.1, 0.15) is 0 Å². The standard InChI is InChI=1S/C17H23NO4/c1-5-18-17(21)13(4)22-16(20)9-8-15(19)14-10-11(2)6-7-12(14)3/h6-7,10,13H,5,8-9H2,1-4H3,(H,18,21)/t13-/m1/s1. The van der Waals surface area contributed by atoms with Crippen molar-refractivity contribution in [1.29, 1.82) is 0 Å². The SMILES string of the molecule is CCNC(=O)[C@@H](C)OC(=O)CCC(=O)c1cc(C)ccc1C. The maximum absolute atomic E-state index is 12.2. The van der Waals surface area contributed by atoms with Crippen molar-refractivity contribution in [3.05, 3.63) is 34.9 Å². The van der Waals surface area contributed by atoms with Crippen LogP contribution in [0.2, 0.25) is 0 Å². The molecule has 1 N–H and O–H groups in total. The first-order valence-electron chi connectivity index (χ1n) is 7.42. The lowest BCUT2D eigenvalue weighted by Crippen LogP contribution is -2.35. The van der Waals surface area contributed by atoms with Crippen molar-refractivity contribution in [2.24, 2.45) is 0 Å². The van der Waals surface area contributed by atoms with Crippen LogP contribution in [0.3, 0.4) is 0 Å². The molecule has 1 amide bonds. The Morgan fingerprint density at radius 3 is 2.50 bits per heavy atom. The fourth-order valence-corrected chi connectivity index (χ4v) is 2.01. The zero-order valence-corrected chi connectivity index (χ0v) is 13.6. The molecule has 120 valence electrons. The molecule has 0 aromatic heterocycles. The molecule has 0 aliphatic rings. The van der Waals surface area contributed by atoms with Crippen molar-refractivity contribution in [1.82, 2.24) is 5.32 Å². The van der Waals surface area contributed by atoms with E-state index in [4.69, 9.17) is 4.74 Å². The number of ketones is 1. The van der Waals surface area contributed by atoms with E-state index in [0.717, 1.165) is 11.1 Å². The second-order valence-corrected chi connectivity index (χ2v) is 5.27. The number of amides is 1. The number of hydrogen-bond acceptors (Lipinski definition) is 4. The molecule has 0 radical (unpaired) electrons. The highest BCUT2D eigenvalue weighted by atomic mass is 16.5. The Labute approximate surface area is 131 Å². The van der Waals surface area contributed by atoms with Gasteiger partial charge in [0, 0.05) is 18.5 Å². The second kappa shape index (κ2) is 8.32. The quantitative estimate of drug-likeness (QED) is 0.620. The number of esters is 1. The number of nitrogens with one attached hydrogen (secondary N) is 1. The van der Waals surface area contributed by atoms with Gasteiger partial charge in [0.15, 0.2) is 11.9 Å². The molecule has 1 atom stereocenters. The third kappa shape index (κ3) is 5.31. The topological polar surface area (TPSA) is 72.5 Å². The predicted molar refractivity (Wildman–Crippen MR) is 83.7 cm³/mol. The molecule has 1 aromatic rings. The largest absolute Gasteiger partial charge is 0.453 e. The molecule has 0 unspecified atom stereocenters. The molecule has 0 fully saturated rings. The van der Waals surface area contributed by atoms with Crippen LogP contribution >= 0.6 is 0 Å². The highest BCUT2D eigenvalue weighted by molar-refractivity contribution is 5.99. The molecule has 1 aromatic carbocycles. The average molecular weight is 305 g/mol. The van der Waals surface area contributed by atoms with Crippen LogP contribution in [0.5, 0.6) is 0 Å². The van der Waals surface area contributed by atoms with E-state index in [2.05, 4.69) is 5.32 Å². The first-order chi connectivity index (χ1) is 10.3. The lowest BCUT2D eigenvalue weighted by Gasteiger charge is -2.12. The van der Waals surface area contributed by atoms with Crippen LogP contribution in [0.15, 0.2) is 18.2 Å². The van der Waals surface area contributed by atoms with Crippen LogP contribution in [0, 0.1) is 13.8 Å². The summed E-state index contributed by atoms with van der Waals surface area (Å²) in [5.74, 6) is -0.974. The van der Waals surface area contributed by atoms with E-state index in [0.29, 0.717) is 12.1 Å². The Balaban J connectivity index is 2.52. The monoisotopic (exact) mass is 305 g/mol. The summed E-state index contributed by atoms with van der Waals surface area (Å²) in [7, 11) is 0. The maximum Gasteiger partial charge on any atom is 0.307 e. The van der Waals surface area contributed by atoms with Crippen LogP contribution in [-0.4, -0.2) is 30.3 Å². The van der Waals surface area contributed by atoms with Crippen molar-refractivity contribution in [3.63, 3.8) is 0 Å². The summed E-state index contributed by atoms with van der Waals surface area (Å²) in [6.45, 7) is 7.55. The highest BCUT2D eigenvalue weighted by Gasteiger charge is 2.18. The fourth-order valence-electron chi connectivity index (χ4n) is 2.01. The minimum Gasteiger partial charge on any atom is -0.453 e. The minimum atomic E-state index is -0.844. The Bertz CT molecular complexity index is 566. The zero-order valence-electron chi connectivity index (χ0n) is 13.6. The first-order valence-corrected chi connectivity index (χ1v) is 7.42. The van der Waals surface area contributed by atoms with Crippen LogP contribution in [0.25, 0.3) is 0 Å². The molecule has 0 saturated heterocycles. The van der Waals surface area contributed by atoms with Crippen molar-refractivity contribution in [2.75, 3.05) is 6.54 Å². The number of ether oxygens (including phenoxy) is 1. The smallest absolute Gasteiger partial charge is 0.307 e. The molecule has 0 heterocycles. The summed E-state index contributed by atoms with van der Waals surface area (Å²) >= 11 is 0. The molecule has 0 saturated carbocycles. The molecule has 0 bridgehead atoms. The molecule has 22 heavy (non-hydrogen) atoms. The molecule has 5 heteroatoms. The van der Waals surface area contributed by atoms with Crippen molar-refractivity contribution in [3.8, 4) is 0 Å². The minimum absolute atomic E-state index is 0.0318. The lowest BCUT2D eigenvalue weighted by atomic mass is 9.99. The van der Waals surface area contributed by atoms with Gasteiger partial charge in [-0.2, -0.15) is 0 Å². The van der Waals surface area contributed by atoms with Crippen molar-refractivity contribution >= 4 is 17.7 Å². The lowest BCUT2D eigenvalue weighted by molar-refractivity contribution is -0.154. The Hall–Kier alpha value is -2.17. The van der Waals surface area contributed by atoms with E-state index < -0.39 is 12.1 Å². The number of carbonyl (C=O) groups is 3. The van der Waals surface area contributed by atoms with E-state index in [-0.39, 0.29) is 24.5 Å². The summed E-state index contributed by atoms with van der Waals surface area (Å²) < 4.78 is 5.00. The van der Waals surface area contributed by atoms with Gasteiger partial charge in [0.2, 0.25) is 0 Å². The van der Waals surface area contributed by atoms with E-state index >= 15 is 0 Å². The first kappa shape index (κ1) is 17.9. The number of benzene rings is 1. The van der Waals surface area contributed by atoms with E-state index in [1.807, 2.05) is 32.0 Å². The second-order valence-electron chi connectivity index (χ2n) is 5.27. The summed E-state index contributed by atoms with van der Waals surface area (Å²) in [6.07, 6.45) is -0.801. The Kier molecular flexibility index (Phi) is 6.76. The molecule has 0 aliphatic heterocycles. The average Bonchev–Trinajstić information content (AvgIpc) is 2.47.